The van der Waals surface area contributed by atoms with Gasteiger partial charge in [-0.05, 0) is 36.4 Å². The maximum atomic E-state index is 13.1. The minimum Gasteiger partial charge on any atom is -0.406 e. The van der Waals surface area contributed by atoms with Gasteiger partial charge < -0.3 is 4.74 Å². The van der Waals surface area contributed by atoms with Gasteiger partial charge in [0.25, 0.3) is 0 Å². The van der Waals surface area contributed by atoms with Crippen molar-refractivity contribution in [3.05, 3.63) is 47.9 Å². The third-order valence-corrected chi connectivity index (χ3v) is 2.37. The molecule has 0 atom stereocenters. The molecule has 0 saturated carbocycles. The number of halogens is 4. The van der Waals surface area contributed by atoms with Crippen molar-refractivity contribution in [2.24, 2.45) is 0 Å². The molecule has 0 bridgehead atoms. The Bertz CT molecular complexity index is 623. The molecule has 0 aliphatic rings. The van der Waals surface area contributed by atoms with Gasteiger partial charge in [-0.2, -0.15) is 0 Å². The van der Waals surface area contributed by atoms with Crippen molar-refractivity contribution < 1.29 is 27.1 Å². The first-order valence-electron chi connectivity index (χ1n) is 5.37. The Morgan fingerprint density at radius 2 is 1.70 bits per heavy atom. The number of alkyl halides is 3. The summed E-state index contributed by atoms with van der Waals surface area (Å²) in [7, 11) is 0. The molecule has 0 aliphatic heterocycles. The molecule has 104 valence electrons. The van der Waals surface area contributed by atoms with Crippen molar-refractivity contribution in [3.63, 3.8) is 0 Å². The first-order valence-corrected chi connectivity index (χ1v) is 5.37. The topological polar surface area (TPSA) is 39.2 Å². The van der Waals surface area contributed by atoms with Crippen LogP contribution in [0.15, 0.2) is 36.4 Å². The third kappa shape index (κ3) is 3.31. The van der Waals surface area contributed by atoms with Gasteiger partial charge in [0.2, 0.25) is 0 Å². The molecule has 0 amide bonds. The average molecular weight is 285 g/mol. The summed E-state index contributed by atoms with van der Waals surface area (Å²) in [5.41, 5.74) is 0.341. The number of hydrogen-bond acceptors (Lipinski definition) is 3. The molecule has 0 aliphatic carbocycles. The number of benzene rings is 1. The number of ether oxygens (including phenoxy) is 1. The van der Waals surface area contributed by atoms with E-state index in [0.29, 0.717) is 5.56 Å². The summed E-state index contributed by atoms with van der Waals surface area (Å²) in [6.07, 6.45) is -4.50. The molecule has 0 unspecified atom stereocenters. The number of carbonyl (C=O) groups is 1. The largest absolute Gasteiger partial charge is 0.573 e. The molecule has 0 radical (unpaired) electrons. The van der Waals surface area contributed by atoms with Crippen LogP contribution in [0, 0.1) is 5.82 Å². The summed E-state index contributed by atoms with van der Waals surface area (Å²) >= 11 is 0. The van der Waals surface area contributed by atoms with Crippen LogP contribution in [-0.4, -0.2) is 17.6 Å². The van der Waals surface area contributed by atoms with Gasteiger partial charge in [0.15, 0.2) is 12.1 Å². The normalized spacial score (nSPS) is 11.2. The van der Waals surface area contributed by atoms with E-state index in [0.717, 1.165) is 18.2 Å². The lowest BCUT2D eigenvalue weighted by molar-refractivity contribution is -0.274. The van der Waals surface area contributed by atoms with Crippen LogP contribution in [0.4, 0.5) is 17.6 Å². The summed E-state index contributed by atoms with van der Waals surface area (Å²) in [5.74, 6) is -1.14. The fourth-order valence-corrected chi connectivity index (χ4v) is 1.53. The van der Waals surface area contributed by atoms with Crippen molar-refractivity contribution in [2.75, 3.05) is 0 Å². The van der Waals surface area contributed by atoms with Crippen molar-refractivity contribution in [1.82, 2.24) is 4.98 Å². The fourth-order valence-electron chi connectivity index (χ4n) is 1.53. The lowest BCUT2D eigenvalue weighted by atomic mass is 10.1. The molecule has 1 aromatic heterocycles. The number of hydrogen-bond donors (Lipinski definition) is 0. The summed E-state index contributed by atoms with van der Waals surface area (Å²) in [4.78, 5) is 14.3. The molecule has 0 N–H and O–H groups in total. The van der Waals surface area contributed by atoms with Gasteiger partial charge in [-0.3, -0.25) is 4.79 Å². The first kappa shape index (κ1) is 14.0. The van der Waals surface area contributed by atoms with E-state index in [9.17, 15) is 22.4 Å². The van der Waals surface area contributed by atoms with Crippen LogP contribution in [0.2, 0.25) is 0 Å². The molecular formula is C13H7F4NO2. The predicted octanol–water partition coefficient (Wildman–Crippen LogP) is 3.60. The summed E-state index contributed by atoms with van der Waals surface area (Å²) in [6, 6.07) is 7.25. The first-order chi connectivity index (χ1) is 9.39. The lowest BCUT2D eigenvalue weighted by Gasteiger charge is -2.09. The fraction of sp³-hybridized carbons (Fsp3) is 0.0769. The number of pyridine rings is 1. The van der Waals surface area contributed by atoms with E-state index in [2.05, 4.69) is 9.72 Å². The van der Waals surface area contributed by atoms with E-state index in [1.807, 2.05) is 0 Å². The van der Waals surface area contributed by atoms with E-state index in [4.69, 9.17) is 0 Å². The van der Waals surface area contributed by atoms with Gasteiger partial charge in [0, 0.05) is 5.56 Å². The standard InChI is InChI=1S/C13H7F4NO2/c14-10-5-6-11(18-12(10)7-19)8-1-3-9(4-2-8)20-13(15,16)17/h1-7H. The Morgan fingerprint density at radius 3 is 2.25 bits per heavy atom. The second-order valence-corrected chi connectivity index (χ2v) is 3.75. The minimum atomic E-state index is -4.76. The summed E-state index contributed by atoms with van der Waals surface area (Å²) < 4.78 is 52.8. The number of nitrogens with zero attached hydrogens (tertiary/aromatic N) is 1. The van der Waals surface area contributed by atoms with Crippen LogP contribution < -0.4 is 4.74 Å². The molecule has 0 spiro atoms. The molecule has 2 rings (SSSR count). The van der Waals surface area contributed by atoms with E-state index < -0.39 is 12.2 Å². The third-order valence-electron chi connectivity index (χ3n) is 2.37. The zero-order chi connectivity index (χ0) is 14.8. The maximum absolute atomic E-state index is 13.1. The average Bonchev–Trinajstić information content (AvgIpc) is 2.38. The molecule has 20 heavy (non-hydrogen) atoms. The Hall–Kier alpha value is -2.44. The second kappa shape index (κ2) is 5.28. The second-order valence-electron chi connectivity index (χ2n) is 3.75. The highest BCUT2D eigenvalue weighted by atomic mass is 19.4. The highest BCUT2D eigenvalue weighted by molar-refractivity contribution is 5.74. The van der Waals surface area contributed by atoms with Crippen LogP contribution in [-0.2, 0) is 0 Å². The van der Waals surface area contributed by atoms with Crippen molar-refractivity contribution in [2.45, 2.75) is 6.36 Å². The van der Waals surface area contributed by atoms with Gasteiger partial charge in [-0.1, -0.05) is 0 Å². The summed E-state index contributed by atoms with van der Waals surface area (Å²) in [6.45, 7) is 0. The van der Waals surface area contributed by atoms with Gasteiger partial charge in [0.1, 0.15) is 11.4 Å². The number of carbonyl (C=O) groups excluding carboxylic acids is 1. The van der Waals surface area contributed by atoms with Crippen LogP contribution in [0.5, 0.6) is 5.75 Å². The molecule has 7 heteroatoms. The van der Waals surface area contributed by atoms with E-state index >= 15 is 0 Å². The Kier molecular flexibility index (Phi) is 3.69. The van der Waals surface area contributed by atoms with Crippen LogP contribution in [0.3, 0.4) is 0 Å². The molecular weight excluding hydrogens is 278 g/mol. The maximum Gasteiger partial charge on any atom is 0.573 e. The summed E-state index contributed by atoms with van der Waals surface area (Å²) in [5, 5.41) is 0. The monoisotopic (exact) mass is 285 g/mol. The SMILES string of the molecule is O=Cc1nc(-c2ccc(OC(F)(F)F)cc2)ccc1F. The molecule has 1 aromatic carbocycles. The van der Waals surface area contributed by atoms with E-state index in [-0.39, 0.29) is 23.4 Å². The zero-order valence-corrected chi connectivity index (χ0v) is 9.82. The zero-order valence-electron chi connectivity index (χ0n) is 9.82. The van der Waals surface area contributed by atoms with E-state index in [1.165, 1.54) is 18.2 Å². The van der Waals surface area contributed by atoms with Crippen molar-refractivity contribution >= 4 is 6.29 Å². The highest BCUT2D eigenvalue weighted by Crippen LogP contribution is 2.26. The quantitative estimate of drug-likeness (QED) is 0.639. The number of aldehydes is 1. The molecule has 0 saturated heterocycles. The van der Waals surface area contributed by atoms with Crippen molar-refractivity contribution in [3.8, 4) is 17.0 Å². The van der Waals surface area contributed by atoms with Crippen molar-refractivity contribution in [1.29, 1.82) is 0 Å². The van der Waals surface area contributed by atoms with Crippen LogP contribution >= 0.6 is 0 Å². The molecule has 0 fully saturated rings. The van der Waals surface area contributed by atoms with Gasteiger partial charge in [-0.15, -0.1) is 13.2 Å². The molecule has 2 aromatic rings. The minimum absolute atomic E-state index is 0.264. The Labute approximate surface area is 110 Å². The van der Waals surface area contributed by atoms with E-state index in [1.54, 1.807) is 0 Å². The molecule has 3 nitrogen and oxygen atoms in total. The van der Waals surface area contributed by atoms with Crippen LogP contribution in [0.1, 0.15) is 10.5 Å². The Morgan fingerprint density at radius 1 is 1.05 bits per heavy atom. The van der Waals surface area contributed by atoms with Crippen LogP contribution in [0.25, 0.3) is 11.3 Å². The van der Waals surface area contributed by atoms with Gasteiger partial charge >= 0.3 is 6.36 Å². The molecule has 1 heterocycles. The smallest absolute Gasteiger partial charge is 0.406 e. The highest BCUT2D eigenvalue weighted by Gasteiger charge is 2.30. The van der Waals surface area contributed by atoms with Gasteiger partial charge in [-0.25, -0.2) is 9.37 Å². The number of rotatable bonds is 3. The lowest BCUT2D eigenvalue weighted by Crippen LogP contribution is -2.16. The Balaban J connectivity index is 2.28. The van der Waals surface area contributed by atoms with Gasteiger partial charge in [0.05, 0.1) is 5.69 Å². The predicted molar refractivity (Wildman–Crippen MR) is 61.7 cm³/mol. The number of aromatic nitrogens is 1.